The van der Waals surface area contributed by atoms with Crippen molar-refractivity contribution in [3.8, 4) is 0 Å². The van der Waals surface area contributed by atoms with Crippen LogP contribution >= 0.6 is 0 Å². The Kier molecular flexibility index (Phi) is 1.12. The van der Waals surface area contributed by atoms with Crippen LogP contribution in [0.15, 0.2) is 5.11 Å². The van der Waals surface area contributed by atoms with Crippen molar-refractivity contribution in [3.63, 3.8) is 0 Å². The molecular formula is C12H15N3O. The summed E-state index contributed by atoms with van der Waals surface area (Å²) >= 11 is 0. The summed E-state index contributed by atoms with van der Waals surface area (Å²) in [6.07, 6.45) is 2.74. The Labute approximate surface area is 93.7 Å². The van der Waals surface area contributed by atoms with Crippen molar-refractivity contribution >= 4 is 0 Å². The quantitative estimate of drug-likeness (QED) is 0.427. The smallest absolute Gasteiger partial charge is 0.0771 e. The molecule has 84 valence electrons. The minimum atomic E-state index is -0.614. The first-order valence-electron chi connectivity index (χ1n) is 6.50. The van der Waals surface area contributed by atoms with Crippen LogP contribution in [0.2, 0.25) is 0 Å². The van der Waals surface area contributed by atoms with Crippen molar-refractivity contribution in [2.45, 2.75) is 18.4 Å². The lowest BCUT2D eigenvalue weighted by molar-refractivity contribution is -0.123. The van der Waals surface area contributed by atoms with E-state index >= 15 is 0 Å². The van der Waals surface area contributed by atoms with Gasteiger partial charge >= 0.3 is 0 Å². The van der Waals surface area contributed by atoms with Gasteiger partial charge in [-0.15, -0.1) is 0 Å². The van der Waals surface area contributed by atoms with Gasteiger partial charge in [-0.1, -0.05) is 5.11 Å². The van der Waals surface area contributed by atoms with E-state index in [1.54, 1.807) is 0 Å². The molecule has 0 aromatic carbocycles. The third-order valence-electron chi connectivity index (χ3n) is 6.91. The number of aliphatic hydroxyl groups is 1. The maximum absolute atomic E-state index is 10.9. The Morgan fingerprint density at radius 1 is 1.12 bits per heavy atom. The molecule has 4 nitrogen and oxygen atoms in total. The van der Waals surface area contributed by atoms with Crippen LogP contribution < -0.4 is 0 Å². The lowest BCUT2D eigenvalue weighted by Gasteiger charge is -2.51. The Hall–Kier alpha value is -0.730. The van der Waals surface area contributed by atoms with Gasteiger partial charge in [0.15, 0.2) is 0 Å². The summed E-state index contributed by atoms with van der Waals surface area (Å²) < 4.78 is 0. The molecule has 0 aromatic rings. The van der Waals surface area contributed by atoms with Crippen molar-refractivity contribution in [2.24, 2.45) is 52.5 Å². The Balaban J connectivity index is 1.67. The van der Waals surface area contributed by atoms with E-state index in [1.165, 1.54) is 12.8 Å². The van der Waals surface area contributed by atoms with Crippen molar-refractivity contribution in [1.29, 1.82) is 0 Å². The Bertz CT molecular complexity index is 440. The average Bonchev–Trinajstić information content (AvgIpc) is 2.73. The maximum Gasteiger partial charge on any atom is 0.0771 e. The Morgan fingerprint density at radius 2 is 1.88 bits per heavy atom. The average molecular weight is 217 g/mol. The summed E-state index contributed by atoms with van der Waals surface area (Å²) in [6, 6.07) is 0. The van der Waals surface area contributed by atoms with Gasteiger partial charge in [0.05, 0.1) is 12.1 Å². The number of nitrogens with zero attached hydrogens (tertiary/aromatic N) is 3. The van der Waals surface area contributed by atoms with Crippen molar-refractivity contribution < 1.29 is 5.11 Å². The first kappa shape index (κ1) is 8.37. The van der Waals surface area contributed by atoms with E-state index in [1.807, 2.05) is 0 Å². The van der Waals surface area contributed by atoms with Crippen molar-refractivity contribution in [2.75, 3.05) is 6.54 Å². The zero-order valence-electron chi connectivity index (χ0n) is 9.03. The van der Waals surface area contributed by atoms with Gasteiger partial charge in [0.2, 0.25) is 0 Å². The van der Waals surface area contributed by atoms with Crippen LogP contribution in [-0.4, -0.2) is 17.3 Å². The topological polar surface area (TPSA) is 69.0 Å². The third-order valence-corrected chi connectivity index (χ3v) is 6.91. The van der Waals surface area contributed by atoms with Crippen LogP contribution in [0.1, 0.15) is 12.8 Å². The number of hydrogen-bond donors (Lipinski definition) is 1. The molecule has 0 heterocycles. The highest BCUT2D eigenvalue weighted by Gasteiger charge is 2.84. The summed E-state index contributed by atoms with van der Waals surface area (Å²) in [4.78, 5) is 2.85. The first-order valence-corrected chi connectivity index (χ1v) is 6.50. The zero-order valence-corrected chi connectivity index (χ0v) is 9.03. The number of hydrogen-bond acceptors (Lipinski definition) is 2. The zero-order chi connectivity index (χ0) is 10.7. The normalized spacial score (nSPS) is 70.8. The predicted molar refractivity (Wildman–Crippen MR) is 56.1 cm³/mol. The number of azide groups is 1. The van der Waals surface area contributed by atoms with Crippen LogP contribution in [0.4, 0.5) is 0 Å². The second kappa shape index (κ2) is 2.14. The second-order valence-corrected chi connectivity index (χ2v) is 6.71. The molecule has 0 radical (unpaired) electrons. The highest BCUT2D eigenvalue weighted by molar-refractivity contribution is 5.32. The van der Waals surface area contributed by atoms with Crippen molar-refractivity contribution in [1.82, 2.24) is 0 Å². The molecule has 5 saturated carbocycles. The van der Waals surface area contributed by atoms with Gasteiger partial charge in [-0.3, -0.25) is 0 Å². The molecule has 0 amide bonds. The maximum atomic E-state index is 10.9. The first-order chi connectivity index (χ1) is 7.77. The van der Waals surface area contributed by atoms with E-state index in [4.69, 9.17) is 5.53 Å². The van der Waals surface area contributed by atoms with Gasteiger partial charge in [-0.2, -0.15) is 0 Å². The molecule has 0 aliphatic heterocycles. The van der Waals surface area contributed by atoms with Gasteiger partial charge in [0.1, 0.15) is 0 Å². The minimum Gasteiger partial charge on any atom is -0.389 e. The number of rotatable bonds is 2. The van der Waals surface area contributed by atoms with Crippen molar-refractivity contribution in [3.05, 3.63) is 10.4 Å². The molecule has 0 unspecified atom stereocenters. The summed E-state index contributed by atoms with van der Waals surface area (Å²) in [7, 11) is 0. The molecule has 5 rings (SSSR count). The Morgan fingerprint density at radius 3 is 2.69 bits per heavy atom. The molecule has 5 fully saturated rings. The van der Waals surface area contributed by atoms with Gasteiger partial charge in [-0.05, 0) is 65.7 Å². The molecule has 16 heavy (non-hydrogen) atoms. The molecule has 4 heteroatoms. The fraction of sp³-hybridized carbons (Fsp3) is 1.00. The molecular weight excluding hydrogens is 202 g/mol. The fourth-order valence-electron chi connectivity index (χ4n) is 7.08. The van der Waals surface area contributed by atoms with E-state index in [-0.39, 0.29) is 0 Å². The largest absolute Gasteiger partial charge is 0.389 e. The molecule has 1 N–H and O–H groups in total. The van der Waals surface area contributed by atoms with E-state index in [2.05, 4.69) is 10.0 Å². The predicted octanol–water partition coefficient (Wildman–Crippen LogP) is 1.81. The fourth-order valence-corrected chi connectivity index (χ4v) is 7.08. The van der Waals surface area contributed by atoms with Crippen LogP contribution in [0.5, 0.6) is 0 Å². The van der Waals surface area contributed by atoms with E-state index in [9.17, 15) is 5.11 Å². The lowest BCUT2D eigenvalue weighted by atomic mass is 9.56. The summed E-state index contributed by atoms with van der Waals surface area (Å²) in [5.41, 5.74) is 7.87. The SMILES string of the molecule is [N-]=[N+]=NC[C@]1(O)[C@H]2[C@@H]3C[C@@H]4[C@H]5[C@H]3C[C@H]2[C@H]5[C@@H]41. The molecule has 5 aliphatic rings. The van der Waals surface area contributed by atoms with Crippen LogP contribution in [-0.2, 0) is 0 Å². The van der Waals surface area contributed by atoms with Gasteiger partial charge in [0, 0.05) is 4.91 Å². The molecule has 2 bridgehead atoms. The second-order valence-electron chi connectivity index (χ2n) is 6.71. The third kappa shape index (κ3) is 0.550. The van der Waals surface area contributed by atoms with E-state index < -0.39 is 5.60 Å². The highest BCUT2D eigenvalue weighted by atomic mass is 16.3. The summed E-state index contributed by atoms with van der Waals surface area (Å²) in [5, 5.41) is 14.6. The number of fused-ring (bicyclic) bond motifs is 2. The van der Waals surface area contributed by atoms with Gasteiger partial charge in [0.25, 0.3) is 0 Å². The molecule has 0 saturated heterocycles. The van der Waals surface area contributed by atoms with Crippen LogP contribution in [0.3, 0.4) is 0 Å². The highest BCUT2D eigenvalue weighted by Crippen LogP contribution is 2.85. The van der Waals surface area contributed by atoms with Crippen LogP contribution in [0.25, 0.3) is 10.4 Å². The standard InChI is InChI=1S/C12H15N3O/c13-15-14-3-12(16)10-5-2-6-8-4(5)1-7(10)9(8)11(6)12/h4-11,16H,1-3H2/t4-,5+,6+,7-,8+,9+,10-,11+,12-/m0/s1. The monoisotopic (exact) mass is 217 g/mol. The molecule has 0 aromatic heterocycles. The van der Waals surface area contributed by atoms with Crippen LogP contribution in [0, 0.1) is 47.3 Å². The summed E-state index contributed by atoms with van der Waals surface area (Å²) in [5.74, 6) is 5.99. The van der Waals surface area contributed by atoms with E-state index in [0.717, 1.165) is 35.5 Å². The lowest BCUT2D eigenvalue weighted by Crippen LogP contribution is -2.55. The van der Waals surface area contributed by atoms with Gasteiger partial charge in [-0.25, -0.2) is 0 Å². The van der Waals surface area contributed by atoms with Gasteiger partial charge < -0.3 is 5.11 Å². The minimum absolute atomic E-state index is 0.332. The molecule has 5 aliphatic carbocycles. The van der Waals surface area contributed by atoms with E-state index in [0.29, 0.717) is 18.4 Å². The molecule has 9 atom stereocenters. The molecule has 0 spiro atoms. The summed E-state index contributed by atoms with van der Waals surface area (Å²) in [6.45, 7) is 0.332.